The van der Waals surface area contributed by atoms with Gasteiger partial charge in [0.25, 0.3) is 0 Å². The summed E-state index contributed by atoms with van der Waals surface area (Å²) in [5.74, 6) is -8.61. The first-order valence-corrected chi connectivity index (χ1v) is 11.5. The molecule has 0 saturated heterocycles. The Bertz CT molecular complexity index is 883. The van der Waals surface area contributed by atoms with Gasteiger partial charge in [-0.25, -0.2) is 9.59 Å². The van der Waals surface area contributed by atoms with Crippen molar-refractivity contribution in [3.8, 4) is 0 Å². The number of esters is 2. The summed E-state index contributed by atoms with van der Waals surface area (Å²) in [6, 6.07) is -5.84. The van der Waals surface area contributed by atoms with Crippen molar-refractivity contribution in [1.82, 2.24) is 0 Å². The number of carboxylic acids is 5. The number of aliphatic hydroxyl groups excluding tert-OH is 1. The van der Waals surface area contributed by atoms with Crippen LogP contribution in [0.3, 0.4) is 0 Å². The van der Waals surface area contributed by atoms with E-state index in [1.807, 2.05) is 13.8 Å². The van der Waals surface area contributed by atoms with Crippen molar-refractivity contribution in [2.24, 2.45) is 40.3 Å². The number of aliphatic carboxylic acids is 5. The fourth-order valence-corrected chi connectivity index (χ4v) is 1.78. The molecule has 0 heterocycles. The molecule has 0 radical (unpaired) electrons. The second-order valence-corrected chi connectivity index (χ2v) is 8.47. The van der Waals surface area contributed by atoms with Crippen molar-refractivity contribution in [2.45, 2.75) is 69.7 Å². The SMILES string of the molecule is CC(C)C[C@H](N)C(=O)OC(=O)[C@@H](N)CC(=O)O.NC(=O)C[C@H](N)C(=O)O.N[C@@H](CC(=O)O)C(=O)O.N[C@@H](CO)C(=O)O. The minimum atomic E-state index is -1.36. The predicted molar refractivity (Wildman–Crippen MR) is 139 cm³/mol. The molecule has 1 amide bonds. The van der Waals surface area contributed by atoms with E-state index in [2.05, 4.69) is 10.5 Å². The minimum Gasteiger partial charge on any atom is -0.481 e. The largest absolute Gasteiger partial charge is 0.481 e. The molecule has 21 nitrogen and oxygen atoms in total. The average Bonchev–Trinajstić information content (AvgIpc) is 2.82. The zero-order valence-electron chi connectivity index (χ0n) is 22.8. The summed E-state index contributed by atoms with van der Waals surface area (Å²) in [6.07, 6.45) is -1.06. The predicted octanol–water partition coefficient (Wildman–Crippen LogP) is -5.23. The molecule has 0 spiro atoms. The summed E-state index contributed by atoms with van der Waals surface area (Å²) >= 11 is 0. The molecule has 0 unspecified atom stereocenters. The third kappa shape index (κ3) is 30.3. The molecule has 0 aromatic rings. The molecule has 0 saturated carbocycles. The number of amides is 1. The second kappa shape index (κ2) is 24.5. The lowest BCUT2D eigenvalue weighted by atomic mass is 10.1. The van der Waals surface area contributed by atoms with Gasteiger partial charge in [0.1, 0.15) is 30.2 Å². The smallest absolute Gasteiger partial charge is 0.331 e. The molecular weight excluding hydrogens is 576 g/mol. The number of hydrogen-bond acceptors (Lipinski definition) is 15. The van der Waals surface area contributed by atoms with E-state index in [4.69, 9.17) is 59.3 Å². The zero-order valence-corrected chi connectivity index (χ0v) is 22.8. The molecule has 18 N–H and O–H groups in total. The van der Waals surface area contributed by atoms with Crippen molar-refractivity contribution in [3.63, 3.8) is 0 Å². The van der Waals surface area contributed by atoms with Gasteiger partial charge >= 0.3 is 41.8 Å². The molecule has 21 heteroatoms. The Morgan fingerprint density at radius 2 is 0.905 bits per heavy atom. The van der Waals surface area contributed by atoms with Crippen LogP contribution in [0.1, 0.15) is 39.5 Å². The lowest BCUT2D eigenvalue weighted by Crippen LogP contribution is -2.41. The maximum Gasteiger partial charge on any atom is 0.331 e. The highest BCUT2D eigenvalue weighted by Gasteiger charge is 2.25. The number of carbonyl (C=O) groups is 8. The fourth-order valence-electron chi connectivity index (χ4n) is 1.78. The highest BCUT2D eigenvalue weighted by atomic mass is 16.6. The van der Waals surface area contributed by atoms with Crippen LogP contribution in [0.5, 0.6) is 0 Å². The monoisotopic (exact) mass is 616 g/mol. The third-order valence-corrected chi connectivity index (χ3v) is 3.89. The maximum atomic E-state index is 11.3. The molecule has 0 aliphatic rings. The van der Waals surface area contributed by atoms with E-state index in [9.17, 15) is 38.4 Å². The van der Waals surface area contributed by atoms with Crippen molar-refractivity contribution in [2.75, 3.05) is 6.61 Å². The second-order valence-electron chi connectivity index (χ2n) is 8.47. The maximum absolute atomic E-state index is 11.3. The molecule has 42 heavy (non-hydrogen) atoms. The van der Waals surface area contributed by atoms with E-state index < -0.39 is 97.4 Å². The summed E-state index contributed by atoms with van der Waals surface area (Å²) in [7, 11) is 0. The molecule has 0 aliphatic carbocycles. The molecule has 0 aromatic heterocycles. The van der Waals surface area contributed by atoms with Crippen molar-refractivity contribution in [3.05, 3.63) is 0 Å². The lowest BCUT2D eigenvalue weighted by Gasteiger charge is -2.13. The van der Waals surface area contributed by atoms with Gasteiger partial charge in [0.15, 0.2) is 0 Å². The Labute approximate surface area is 238 Å². The van der Waals surface area contributed by atoms with E-state index >= 15 is 0 Å². The van der Waals surface area contributed by atoms with Gasteiger partial charge in [0, 0.05) is 0 Å². The fraction of sp³-hybridized carbons (Fsp3) is 0.619. The summed E-state index contributed by atoms with van der Waals surface area (Å²) in [6.45, 7) is 3.23. The Morgan fingerprint density at radius 1 is 0.571 bits per heavy atom. The van der Waals surface area contributed by atoms with Crippen LogP contribution in [0.2, 0.25) is 0 Å². The molecular formula is C21H40N6O15. The highest BCUT2D eigenvalue weighted by molar-refractivity contribution is 5.92. The van der Waals surface area contributed by atoms with E-state index in [-0.39, 0.29) is 12.3 Å². The number of hydrogen-bond donors (Lipinski definition) is 12. The topological polar surface area (TPSA) is 423 Å². The zero-order chi connectivity index (χ0) is 34.3. The summed E-state index contributed by atoms with van der Waals surface area (Å²) in [4.78, 5) is 81.9. The highest BCUT2D eigenvalue weighted by Crippen LogP contribution is 2.05. The Kier molecular flexibility index (Phi) is 26.1. The van der Waals surface area contributed by atoms with Crippen LogP contribution in [0.25, 0.3) is 0 Å². The van der Waals surface area contributed by atoms with Crippen molar-refractivity contribution < 1.29 is 73.7 Å². The van der Waals surface area contributed by atoms with Gasteiger partial charge in [-0.3, -0.25) is 28.8 Å². The van der Waals surface area contributed by atoms with Gasteiger partial charge in [0.05, 0.1) is 25.9 Å². The first-order valence-electron chi connectivity index (χ1n) is 11.5. The first kappa shape index (κ1) is 44.7. The van der Waals surface area contributed by atoms with Gasteiger partial charge in [-0.1, -0.05) is 13.8 Å². The molecule has 0 bridgehead atoms. The van der Waals surface area contributed by atoms with E-state index in [0.717, 1.165) is 0 Å². The molecule has 0 rings (SSSR count). The van der Waals surface area contributed by atoms with E-state index in [1.54, 1.807) is 0 Å². The number of carboxylic acid groups (broad SMARTS) is 5. The van der Waals surface area contributed by atoms with Crippen LogP contribution in [0.15, 0.2) is 0 Å². The standard InChI is InChI=1S/C10H18N2O5.C4H8N2O3.C4H7NO4.C3H7NO3/c1-5(2)3-6(11)9(15)17-10(16)7(12)4-8(13)14;2*5-2(4(8)9)1-3(6)7;4-2(1-5)3(6)7/h5-7H,3-4,11-12H2,1-2H3,(H,13,14);2H,1,5H2,(H2,6,7)(H,8,9);2H,1,5H2,(H,6,7)(H,8,9);2,5H,1,4H2,(H,6,7)/t6-,7-;3*2-/m0000/s1. The number of nitrogens with two attached hydrogens (primary N) is 6. The third-order valence-electron chi connectivity index (χ3n) is 3.89. The first-order chi connectivity index (χ1) is 19.0. The van der Waals surface area contributed by atoms with Gasteiger partial charge in [0.2, 0.25) is 5.91 Å². The number of primary amides is 1. The molecule has 244 valence electrons. The Balaban J connectivity index is -0.000000246. The molecule has 0 fully saturated rings. The van der Waals surface area contributed by atoms with Crippen LogP contribution in [0, 0.1) is 5.92 Å². The van der Waals surface area contributed by atoms with Crippen LogP contribution in [0.4, 0.5) is 0 Å². The van der Waals surface area contributed by atoms with E-state index in [0.29, 0.717) is 6.42 Å². The Morgan fingerprint density at radius 3 is 1.12 bits per heavy atom. The van der Waals surface area contributed by atoms with Crippen molar-refractivity contribution >= 4 is 47.7 Å². The van der Waals surface area contributed by atoms with Gasteiger partial charge in [-0.2, -0.15) is 0 Å². The number of carbonyl (C=O) groups excluding carboxylic acids is 3. The number of ether oxygens (including phenoxy) is 1. The van der Waals surface area contributed by atoms with Gasteiger partial charge in [-0.15, -0.1) is 0 Å². The van der Waals surface area contributed by atoms with Crippen LogP contribution < -0.4 is 34.4 Å². The van der Waals surface area contributed by atoms with Crippen LogP contribution in [-0.2, 0) is 43.1 Å². The van der Waals surface area contributed by atoms with Crippen LogP contribution in [-0.4, -0.2) is 115 Å². The molecule has 0 aliphatic heterocycles. The quantitative estimate of drug-likeness (QED) is 0.0640. The average molecular weight is 617 g/mol. The van der Waals surface area contributed by atoms with Gasteiger partial charge < -0.3 is 69.8 Å². The van der Waals surface area contributed by atoms with Crippen LogP contribution >= 0.6 is 0 Å². The molecule has 0 aromatic carbocycles. The van der Waals surface area contributed by atoms with Gasteiger partial charge in [-0.05, 0) is 12.3 Å². The lowest BCUT2D eigenvalue weighted by molar-refractivity contribution is -0.163. The number of rotatable bonds is 14. The normalized spacial score (nSPS) is 13.4. The number of aliphatic hydroxyl groups is 1. The molecule has 5 atom stereocenters. The summed E-state index contributed by atoms with van der Waals surface area (Å²) in [5.41, 5.74) is 29.9. The summed E-state index contributed by atoms with van der Waals surface area (Å²) in [5, 5.41) is 48.4. The van der Waals surface area contributed by atoms with Crippen molar-refractivity contribution in [1.29, 1.82) is 0 Å². The Hall–Kier alpha value is -4.28. The summed E-state index contributed by atoms with van der Waals surface area (Å²) < 4.78 is 4.38. The van der Waals surface area contributed by atoms with E-state index in [1.165, 1.54) is 0 Å². The minimum absolute atomic E-state index is 0.181.